The lowest BCUT2D eigenvalue weighted by Crippen LogP contribution is -2.06. The highest BCUT2D eigenvalue weighted by Gasteiger charge is 2.13. The third kappa shape index (κ3) is 3.22. The number of aromatic nitrogens is 4. The van der Waals surface area contributed by atoms with Gasteiger partial charge in [-0.3, -0.25) is 14.7 Å². The summed E-state index contributed by atoms with van der Waals surface area (Å²) in [5.41, 5.74) is 0.825. The van der Waals surface area contributed by atoms with E-state index in [-0.39, 0.29) is 5.69 Å². The van der Waals surface area contributed by atoms with Gasteiger partial charge in [0.15, 0.2) is 0 Å². The van der Waals surface area contributed by atoms with Gasteiger partial charge in [0.05, 0.1) is 14.6 Å². The first-order chi connectivity index (χ1) is 12.6. The topological polar surface area (TPSA) is 98.8 Å². The van der Waals surface area contributed by atoms with Crippen molar-refractivity contribution in [3.05, 3.63) is 69.1 Å². The lowest BCUT2D eigenvalue weighted by atomic mass is 10.2. The monoisotopic (exact) mass is 386 g/mol. The molecule has 0 fully saturated rings. The third-order valence-corrected chi connectivity index (χ3v) is 4.83. The third-order valence-electron chi connectivity index (χ3n) is 3.67. The first kappa shape index (κ1) is 16.4. The van der Waals surface area contributed by atoms with Crippen molar-refractivity contribution in [3.8, 4) is 5.95 Å². The Morgan fingerprint density at radius 3 is 2.96 bits per heavy atom. The first-order valence-corrected chi connectivity index (χ1v) is 8.72. The van der Waals surface area contributed by atoms with Gasteiger partial charge in [-0.05, 0) is 11.6 Å². The second-order valence-electron chi connectivity index (χ2n) is 5.39. The van der Waals surface area contributed by atoms with Gasteiger partial charge in [0.25, 0.3) is 5.69 Å². The predicted octanol–water partition coefficient (Wildman–Crippen LogP) is 4.05. The van der Waals surface area contributed by atoms with E-state index in [1.165, 1.54) is 23.5 Å². The maximum Gasteiger partial charge on any atom is 0.269 e. The number of anilines is 1. The average molecular weight is 387 g/mol. The average Bonchev–Trinajstić information content (AvgIpc) is 3.28. The Morgan fingerprint density at radius 1 is 1.31 bits per heavy atom. The minimum absolute atomic E-state index is 0.0508. The van der Waals surface area contributed by atoms with E-state index in [9.17, 15) is 10.1 Å². The van der Waals surface area contributed by atoms with Crippen molar-refractivity contribution in [2.24, 2.45) is 0 Å². The number of non-ortho nitro benzene ring substituents is 1. The number of nitro groups is 1. The Labute approximate surface area is 156 Å². The molecule has 0 aliphatic carbocycles. The molecule has 26 heavy (non-hydrogen) atoms. The number of fused-ring (bicyclic) bond motifs is 1. The number of nitro benzene ring substituents is 1. The van der Waals surface area contributed by atoms with Crippen LogP contribution in [0.15, 0.2) is 49.1 Å². The zero-order chi connectivity index (χ0) is 18.1. The molecular formula is C16H11ClN6O2S. The van der Waals surface area contributed by atoms with Gasteiger partial charge < -0.3 is 5.32 Å². The van der Waals surface area contributed by atoms with E-state index in [0.717, 1.165) is 15.8 Å². The summed E-state index contributed by atoms with van der Waals surface area (Å²) in [5, 5.41) is 15.0. The van der Waals surface area contributed by atoms with E-state index in [1.807, 2.05) is 6.07 Å². The molecule has 3 heterocycles. The van der Waals surface area contributed by atoms with E-state index in [1.54, 1.807) is 35.4 Å². The quantitative estimate of drug-likeness (QED) is 0.410. The summed E-state index contributed by atoms with van der Waals surface area (Å²) in [6.45, 7) is 0.380. The SMILES string of the molecule is O=[N+]([O-])c1cccc(CNc2nc(-n3ccnc3)nc3sc(Cl)cc23)c1. The molecule has 3 aromatic heterocycles. The molecule has 0 amide bonds. The second kappa shape index (κ2) is 6.70. The predicted molar refractivity (Wildman–Crippen MR) is 100.0 cm³/mol. The minimum atomic E-state index is -0.414. The fraction of sp³-hybridized carbons (Fsp3) is 0.0625. The molecule has 1 N–H and O–H groups in total. The molecule has 130 valence electrons. The number of hydrogen-bond donors (Lipinski definition) is 1. The van der Waals surface area contributed by atoms with Crippen LogP contribution in [0.4, 0.5) is 11.5 Å². The summed E-state index contributed by atoms with van der Waals surface area (Å²) in [6.07, 6.45) is 5.01. The van der Waals surface area contributed by atoms with E-state index >= 15 is 0 Å². The van der Waals surface area contributed by atoms with Crippen LogP contribution in [0.3, 0.4) is 0 Å². The molecule has 0 spiro atoms. The fourth-order valence-electron chi connectivity index (χ4n) is 2.47. The molecule has 0 saturated heterocycles. The van der Waals surface area contributed by atoms with Gasteiger partial charge in [0.2, 0.25) is 5.95 Å². The van der Waals surface area contributed by atoms with E-state index in [2.05, 4.69) is 20.3 Å². The number of halogens is 1. The number of rotatable bonds is 5. The van der Waals surface area contributed by atoms with Crippen molar-refractivity contribution in [1.82, 2.24) is 19.5 Å². The smallest absolute Gasteiger partial charge is 0.269 e. The van der Waals surface area contributed by atoms with Crippen LogP contribution in [0.1, 0.15) is 5.56 Å². The van der Waals surface area contributed by atoms with Crippen LogP contribution < -0.4 is 5.32 Å². The van der Waals surface area contributed by atoms with Crippen LogP contribution in [0.2, 0.25) is 4.34 Å². The molecule has 10 heteroatoms. The highest BCUT2D eigenvalue weighted by Crippen LogP contribution is 2.32. The maximum absolute atomic E-state index is 10.9. The van der Waals surface area contributed by atoms with Gasteiger partial charge in [-0.15, -0.1) is 11.3 Å². The number of nitrogens with one attached hydrogen (secondary N) is 1. The first-order valence-electron chi connectivity index (χ1n) is 7.53. The van der Waals surface area contributed by atoms with Crippen LogP contribution in [0.25, 0.3) is 16.2 Å². The molecule has 0 unspecified atom stereocenters. The molecule has 8 nitrogen and oxygen atoms in total. The Morgan fingerprint density at radius 2 is 2.19 bits per heavy atom. The molecule has 0 bridgehead atoms. The standard InChI is InChI=1S/C16H11ClN6O2S/c17-13-7-12-14(19-8-10-2-1-3-11(6-10)23(24)25)20-16(21-15(12)26-13)22-5-4-18-9-22/h1-7,9H,8H2,(H,19,20,21). The number of nitrogens with zero attached hydrogens (tertiary/aromatic N) is 5. The number of imidazole rings is 1. The van der Waals surface area contributed by atoms with Crippen LogP contribution >= 0.6 is 22.9 Å². The van der Waals surface area contributed by atoms with Crippen molar-refractivity contribution >= 4 is 44.7 Å². The van der Waals surface area contributed by atoms with Crippen LogP contribution in [0, 0.1) is 10.1 Å². The summed E-state index contributed by atoms with van der Waals surface area (Å²) in [7, 11) is 0. The van der Waals surface area contributed by atoms with Crippen molar-refractivity contribution in [1.29, 1.82) is 0 Å². The van der Waals surface area contributed by atoms with E-state index in [4.69, 9.17) is 11.6 Å². The lowest BCUT2D eigenvalue weighted by Gasteiger charge is -2.09. The van der Waals surface area contributed by atoms with Crippen LogP contribution in [0.5, 0.6) is 0 Å². The van der Waals surface area contributed by atoms with E-state index in [0.29, 0.717) is 22.6 Å². The number of thiophene rings is 1. The number of benzene rings is 1. The highest BCUT2D eigenvalue weighted by atomic mass is 35.5. The maximum atomic E-state index is 10.9. The highest BCUT2D eigenvalue weighted by molar-refractivity contribution is 7.22. The molecular weight excluding hydrogens is 376 g/mol. The molecule has 0 atom stereocenters. The second-order valence-corrected chi connectivity index (χ2v) is 7.05. The van der Waals surface area contributed by atoms with Gasteiger partial charge in [-0.25, -0.2) is 9.97 Å². The van der Waals surface area contributed by atoms with Crippen molar-refractivity contribution in [2.45, 2.75) is 6.54 Å². The van der Waals surface area contributed by atoms with E-state index < -0.39 is 4.92 Å². The Hall–Kier alpha value is -3.04. The zero-order valence-electron chi connectivity index (χ0n) is 13.2. The lowest BCUT2D eigenvalue weighted by molar-refractivity contribution is -0.384. The minimum Gasteiger partial charge on any atom is -0.365 e. The van der Waals surface area contributed by atoms with Gasteiger partial charge in [-0.2, -0.15) is 4.98 Å². The molecule has 4 aromatic rings. The summed E-state index contributed by atoms with van der Waals surface area (Å²) >= 11 is 7.49. The van der Waals surface area contributed by atoms with Gasteiger partial charge in [0, 0.05) is 31.1 Å². The van der Waals surface area contributed by atoms with Crippen LogP contribution in [-0.2, 0) is 6.54 Å². The normalized spacial score (nSPS) is 11.0. The van der Waals surface area contributed by atoms with Crippen molar-refractivity contribution in [3.63, 3.8) is 0 Å². The Bertz CT molecular complexity index is 1100. The summed E-state index contributed by atoms with van der Waals surface area (Å²) in [5.74, 6) is 1.07. The molecule has 0 aliphatic heterocycles. The summed E-state index contributed by atoms with van der Waals surface area (Å²) in [4.78, 5) is 24.3. The van der Waals surface area contributed by atoms with Gasteiger partial charge in [-0.1, -0.05) is 23.7 Å². The Kier molecular flexibility index (Phi) is 4.23. The van der Waals surface area contributed by atoms with Crippen molar-refractivity contribution < 1.29 is 4.92 Å². The van der Waals surface area contributed by atoms with Crippen molar-refractivity contribution in [2.75, 3.05) is 5.32 Å². The van der Waals surface area contributed by atoms with Gasteiger partial charge >= 0.3 is 0 Å². The van der Waals surface area contributed by atoms with Crippen LogP contribution in [-0.4, -0.2) is 24.4 Å². The fourth-order valence-corrected chi connectivity index (χ4v) is 3.56. The zero-order valence-corrected chi connectivity index (χ0v) is 14.7. The molecule has 1 aromatic carbocycles. The Balaban J connectivity index is 1.69. The molecule has 4 rings (SSSR count). The largest absolute Gasteiger partial charge is 0.365 e. The summed E-state index contributed by atoms with van der Waals surface area (Å²) in [6, 6.07) is 8.26. The van der Waals surface area contributed by atoms with Gasteiger partial charge in [0.1, 0.15) is 17.0 Å². The molecule has 0 radical (unpaired) electrons. The number of hydrogen-bond acceptors (Lipinski definition) is 7. The molecule has 0 saturated carbocycles. The summed E-state index contributed by atoms with van der Waals surface area (Å²) < 4.78 is 2.31. The molecule has 0 aliphatic rings.